The number of hydrogen-bond acceptors (Lipinski definition) is 2. The molecule has 0 radical (unpaired) electrons. The van der Waals surface area contributed by atoms with Crippen molar-refractivity contribution in [3.8, 4) is 0 Å². The molecule has 1 aliphatic carbocycles. The molecule has 2 nitrogen and oxygen atoms in total. The molecule has 4 heteroatoms. The van der Waals surface area contributed by atoms with Gasteiger partial charge in [0.15, 0.2) is 0 Å². The van der Waals surface area contributed by atoms with Gasteiger partial charge in [-0.15, -0.1) is 0 Å². The molecule has 0 heterocycles. The summed E-state index contributed by atoms with van der Waals surface area (Å²) < 4.78 is 19.6. The standard InChI is InChI=1S/C14H19ClFNO/c1-17-12-7-2-3-8-13(12)18-9-10-5-4-6-11(15)14(10)16/h4-6,12-13,17H,2-3,7-9H2,1H3. The number of nitrogens with one attached hydrogen (secondary N) is 1. The first-order chi connectivity index (χ1) is 8.72. The summed E-state index contributed by atoms with van der Waals surface area (Å²) in [5, 5.41) is 3.43. The Morgan fingerprint density at radius 2 is 2.17 bits per heavy atom. The summed E-state index contributed by atoms with van der Waals surface area (Å²) in [6.45, 7) is 0.287. The largest absolute Gasteiger partial charge is 0.372 e. The SMILES string of the molecule is CNC1CCCCC1OCc1cccc(Cl)c1F. The zero-order chi connectivity index (χ0) is 13.0. The molecular weight excluding hydrogens is 253 g/mol. The maximum absolute atomic E-state index is 13.7. The maximum atomic E-state index is 13.7. The minimum Gasteiger partial charge on any atom is -0.372 e. The molecule has 2 rings (SSSR count). The molecule has 1 N–H and O–H groups in total. The molecule has 0 amide bonds. The highest BCUT2D eigenvalue weighted by molar-refractivity contribution is 6.30. The average Bonchev–Trinajstić information content (AvgIpc) is 2.41. The van der Waals surface area contributed by atoms with Gasteiger partial charge in [0.2, 0.25) is 0 Å². The summed E-state index contributed by atoms with van der Waals surface area (Å²) in [6, 6.07) is 5.40. The van der Waals surface area contributed by atoms with Crippen LogP contribution in [0.15, 0.2) is 18.2 Å². The molecule has 0 spiro atoms. The van der Waals surface area contributed by atoms with E-state index in [1.807, 2.05) is 7.05 Å². The lowest BCUT2D eigenvalue weighted by atomic mass is 9.92. The normalized spacial score (nSPS) is 24.2. The molecule has 1 saturated carbocycles. The molecule has 1 aromatic rings. The van der Waals surface area contributed by atoms with E-state index in [1.54, 1.807) is 18.2 Å². The van der Waals surface area contributed by atoms with Crippen molar-refractivity contribution in [1.82, 2.24) is 5.32 Å². The summed E-state index contributed by atoms with van der Waals surface area (Å²) in [5.41, 5.74) is 0.530. The summed E-state index contributed by atoms with van der Waals surface area (Å²) in [6.07, 6.45) is 4.74. The Morgan fingerprint density at radius 3 is 2.94 bits per heavy atom. The van der Waals surface area contributed by atoms with Crippen LogP contribution in [0.2, 0.25) is 5.02 Å². The molecule has 1 aromatic carbocycles. The molecule has 1 aliphatic rings. The van der Waals surface area contributed by atoms with Gasteiger partial charge in [0.1, 0.15) is 5.82 Å². The van der Waals surface area contributed by atoms with Gasteiger partial charge in [0.05, 0.1) is 17.7 Å². The third kappa shape index (κ3) is 3.22. The Kier molecular flexibility index (Phi) is 4.98. The first-order valence-corrected chi connectivity index (χ1v) is 6.82. The summed E-state index contributed by atoms with van der Waals surface area (Å²) in [5.74, 6) is -0.365. The molecule has 18 heavy (non-hydrogen) atoms. The molecule has 100 valence electrons. The summed E-state index contributed by atoms with van der Waals surface area (Å²) in [4.78, 5) is 0. The number of hydrogen-bond donors (Lipinski definition) is 1. The van der Waals surface area contributed by atoms with Crippen LogP contribution in [0.25, 0.3) is 0 Å². The van der Waals surface area contributed by atoms with Crippen molar-refractivity contribution in [2.75, 3.05) is 7.05 Å². The second-order valence-electron chi connectivity index (χ2n) is 4.74. The maximum Gasteiger partial charge on any atom is 0.147 e. The van der Waals surface area contributed by atoms with Crippen LogP contribution in [-0.4, -0.2) is 19.2 Å². The monoisotopic (exact) mass is 271 g/mol. The van der Waals surface area contributed by atoms with Crippen molar-refractivity contribution in [2.45, 2.75) is 44.4 Å². The molecule has 0 saturated heterocycles. The van der Waals surface area contributed by atoms with Gasteiger partial charge in [-0.3, -0.25) is 0 Å². The van der Waals surface area contributed by atoms with Crippen LogP contribution in [-0.2, 0) is 11.3 Å². The summed E-state index contributed by atoms with van der Waals surface area (Å²) >= 11 is 5.75. The van der Waals surface area contributed by atoms with E-state index in [-0.39, 0.29) is 23.6 Å². The van der Waals surface area contributed by atoms with Crippen LogP contribution < -0.4 is 5.32 Å². The van der Waals surface area contributed by atoms with Crippen LogP contribution in [0.4, 0.5) is 4.39 Å². The van der Waals surface area contributed by atoms with Crippen LogP contribution in [0.1, 0.15) is 31.2 Å². The number of ether oxygens (including phenoxy) is 1. The fourth-order valence-electron chi connectivity index (χ4n) is 2.48. The quantitative estimate of drug-likeness (QED) is 0.905. The van der Waals surface area contributed by atoms with Gasteiger partial charge < -0.3 is 10.1 Å². The Bertz CT molecular complexity index is 399. The van der Waals surface area contributed by atoms with E-state index in [4.69, 9.17) is 16.3 Å². The zero-order valence-corrected chi connectivity index (χ0v) is 11.3. The van der Waals surface area contributed by atoms with Crippen LogP contribution in [0.5, 0.6) is 0 Å². The Hall–Kier alpha value is -0.640. The van der Waals surface area contributed by atoms with E-state index < -0.39 is 0 Å². The molecule has 0 bridgehead atoms. The number of rotatable bonds is 4. The van der Waals surface area contributed by atoms with Crippen molar-refractivity contribution < 1.29 is 9.13 Å². The first-order valence-electron chi connectivity index (χ1n) is 6.44. The van der Waals surface area contributed by atoms with Gasteiger partial charge in [-0.1, -0.05) is 36.6 Å². The topological polar surface area (TPSA) is 21.3 Å². The molecule has 0 aliphatic heterocycles. The lowest BCUT2D eigenvalue weighted by Crippen LogP contribution is -2.41. The summed E-state index contributed by atoms with van der Waals surface area (Å²) in [7, 11) is 1.95. The lowest BCUT2D eigenvalue weighted by Gasteiger charge is -2.31. The van der Waals surface area contributed by atoms with E-state index in [0.717, 1.165) is 12.8 Å². The van der Waals surface area contributed by atoms with E-state index in [2.05, 4.69) is 5.32 Å². The zero-order valence-electron chi connectivity index (χ0n) is 10.6. The van der Waals surface area contributed by atoms with E-state index in [9.17, 15) is 4.39 Å². The van der Waals surface area contributed by atoms with Crippen molar-refractivity contribution >= 4 is 11.6 Å². The van der Waals surface area contributed by atoms with Gasteiger partial charge >= 0.3 is 0 Å². The Morgan fingerprint density at radius 1 is 1.39 bits per heavy atom. The molecular formula is C14H19ClFNO. The Balaban J connectivity index is 1.96. The smallest absolute Gasteiger partial charge is 0.147 e. The highest BCUT2D eigenvalue weighted by atomic mass is 35.5. The van der Waals surface area contributed by atoms with Crippen molar-refractivity contribution in [1.29, 1.82) is 0 Å². The van der Waals surface area contributed by atoms with Gasteiger partial charge in [0.25, 0.3) is 0 Å². The fraction of sp³-hybridized carbons (Fsp3) is 0.571. The van der Waals surface area contributed by atoms with Crippen molar-refractivity contribution in [2.24, 2.45) is 0 Å². The van der Waals surface area contributed by atoms with Crippen molar-refractivity contribution in [3.05, 3.63) is 34.6 Å². The number of benzene rings is 1. The van der Waals surface area contributed by atoms with Gasteiger partial charge in [-0.05, 0) is 26.0 Å². The Labute approximate surface area is 112 Å². The van der Waals surface area contributed by atoms with E-state index in [1.165, 1.54) is 12.8 Å². The fourth-order valence-corrected chi connectivity index (χ4v) is 2.68. The van der Waals surface area contributed by atoms with Crippen molar-refractivity contribution in [3.63, 3.8) is 0 Å². The second kappa shape index (κ2) is 6.50. The second-order valence-corrected chi connectivity index (χ2v) is 5.15. The van der Waals surface area contributed by atoms with E-state index in [0.29, 0.717) is 11.6 Å². The number of likely N-dealkylation sites (N-methyl/N-ethyl adjacent to an activating group) is 1. The third-order valence-corrected chi connectivity index (χ3v) is 3.85. The third-order valence-electron chi connectivity index (χ3n) is 3.56. The van der Waals surface area contributed by atoms with Crippen LogP contribution in [0.3, 0.4) is 0 Å². The number of halogens is 2. The minimum atomic E-state index is -0.365. The molecule has 0 aromatic heterocycles. The lowest BCUT2D eigenvalue weighted by molar-refractivity contribution is -0.00469. The van der Waals surface area contributed by atoms with Crippen LogP contribution in [0, 0.1) is 5.82 Å². The van der Waals surface area contributed by atoms with E-state index >= 15 is 0 Å². The minimum absolute atomic E-state index is 0.157. The molecule has 2 atom stereocenters. The molecule has 1 fully saturated rings. The van der Waals surface area contributed by atoms with Gasteiger partial charge in [-0.2, -0.15) is 0 Å². The highest BCUT2D eigenvalue weighted by Crippen LogP contribution is 2.24. The predicted octanol–water partition coefficient (Wildman–Crippen LogP) is 3.53. The first kappa shape index (κ1) is 13.8. The molecule has 2 unspecified atom stereocenters. The average molecular weight is 272 g/mol. The van der Waals surface area contributed by atoms with Gasteiger partial charge in [-0.25, -0.2) is 4.39 Å². The highest BCUT2D eigenvalue weighted by Gasteiger charge is 2.24. The predicted molar refractivity (Wildman–Crippen MR) is 71.3 cm³/mol. The van der Waals surface area contributed by atoms with Crippen LogP contribution >= 0.6 is 11.6 Å². The van der Waals surface area contributed by atoms with Gasteiger partial charge in [0, 0.05) is 11.6 Å².